The second-order valence-corrected chi connectivity index (χ2v) is 11.0. The van der Waals surface area contributed by atoms with Crippen LogP contribution in [0.4, 0.5) is 0 Å². The van der Waals surface area contributed by atoms with Crippen LogP contribution in [0.5, 0.6) is 0 Å². The SMILES string of the molecule is O=C(NC1CCCCC1)[C@H](Cc1ccccc1)N(Cc1ccccc1)C(=O)CSCc1ccccc1Cl. The number of benzene rings is 3. The summed E-state index contributed by atoms with van der Waals surface area (Å²) in [5.74, 6) is 0.819. The summed E-state index contributed by atoms with van der Waals surface area (Å²) in [6.45, 7) is 0.391. The van der Waals surface area contributed by atoms with Crippen LogP contribution in [-0.2, 0) is 28.3 Å². The highest BCUT2D eigenvalue weighted by Crippen LogP contribution is 2.23. The molecular formula is C31H35ClN2O2S. The number of nitrogens with zero attached hydrogens (tertiary/aromatic N) is 1. The summed E-state index contributed by atoms with van der Waals surface area (Å²) in [5, 5.41) is 4.00. The molecular weight excluding hydrogens is 500 g/mol. The van der Waals surface area contributed by atoms with Gasteiger partial charge in [-0.1, -0.05) is 110 Å². The molecule has 1 N–H and O–H groups in total. The number of rotatable bonds is 11. The second-order valence-electron chi connectivity index (χ2n) is 9.64. The van der Waals surface area contributed by atoms with Crippen molar-refractivity contribution in [2.24, 2.45) is 0 Å². The van der Waals surface area contributed by atoms with Gasteiger partial charge in [0.2, 0.25) is 11.8 Å². The fraction of sp³-hybridized carbons (Fsp3) is 0.355. The van der Waals surface area contributed by atoms with Crippen LogP contribution in [0.15, 0.2) is 84.9 Å². The Morgan fingerprint density at radius 2 is 1.49 bits per heavy atom. The number of hydrogen-bond acceptors (Lipinski definition) is 3. The molecule has 1 aliphatic carbocycles. The van der Waals surface area contributed by atoms with Crippen molar-refractivity contribution in [3.8, 4) is 0 Å². The third-order valence-electron chi connectivity index (χ3n) is 6.86. The van der Waals surface area contributed by atoms with Crippen molar-refractivity contribution in [1.82, 2.24) is 10.2 Å². The lowest BCUT2D eigenvalue weighted by Crippen LogP contribution is -2.53. The van der Waals surface area contributed by atoms with Gasteiger partial charge in [-0.15, -0.1) is 11.8 Å². The minimum Gasteiger partial charge on any atom is -0.352 e. The minimum absolute atomic E-state index is 0.0411. The number of nitrogens with one attached hydrogen (secondary N) is 1. The molecule has 0 aromatic heterocycles. The summed E-state index contributed by atoms with van der Waals surface area (Å²) in [6.07, 6.45) is 5.99. The Bertz CT molecular complexity index is 1140. The standard InChI is InChI=1S/C31H35ClN2O2S/c32-28-19-11-10-16-26(28)22-37-23-30(35)34(21-25-14-6-2-7-15-25)29(20-24-12-4-1-5-13-24)31(36)33-27-17-8-3-9-18-27/h1-2,4-7,10-16,19,27,29H,3,8-9,17-18,20-23H2,(H,33,36)/t29-/m0/s1. The highest BCUT2D eigenvalue weighted by Gasteiger charge is 2.31. The Morgan fingerprint density at radius 3 is 2.16 bits per heavy atom. The molecule has 1 fully saturated rings. The molecule has 0 unspecified atom stereocenters. The molecule has 1 saturated carbocycles. The number of hydrogen-bond donors (Lipinski definition) is 1. The number of carbonyl (C=O) groups is 2. The average molecular weight is 535 g/mol. The van der Waals surface area contributed by atoms with Gasteiger partial charge in [0.15, 0.2) is 0 Å². The van der Waals surface area contributed by atoms with E-state index in [1.165, 1.54) is 18.2 Å². The van der Waals surface area contributed by atoms with E-state index >= 15 is 0 Å². The van der Waals surface area contributed by atoms with E-state index in [0.29, 0.717) is 23.7 Å². The summed E-state index contributed by atoms with van der Waals surface area (Å²) in [4.78, 5) is 29.3. The van der Waals surface area contributed by atoms with Crippen LogP contribution in [0.3, 0.4) is 0 Å². The third-order valence-corrected chi connectivity index (χ3v) is 8.19. The Hall–Kier alpha value is -2.76. The minimum atomic E-state index is -0.585. The first-order valence-corrected chi connectivity index (χ1v) is 14.6. The molecule has 194 valence electrons. The highest BCUT2D eigenvalue weighted by molar-refractivity contribution is 7.99. The zero-order valence-corrected chi connectivity index (χ0v) is 22.7. The number of carbonyl (C=O) groups excluding carboxylic acids is 2. The van der Waals surface area contributed by atoms with Crippen LogP contribution in [0.1, 0.15) is 48.8 Å². The molecule has 0 radical (unpaired) electrons. The van der Waals surface area contributed by atoms with Crippen molar-refractivity contribution in [3.63, 3.8) is 0 Å². The van der Waals surface area contributed by atoms with Crippen molar-refractivity contribution in [2.45, 2.75) is 62.9 Å². The van der Waals surface area contributed by atoms with Crippen LogP contribution < -0.4 is 5.32 Å². The van der Waals surface area contributed by atoms with Gasteiger partial charge in [0.25, 0.3) is 0 Å². The van der Waals surface area contributed by atoms with E-state index in [0.717, 1.165) is 42.4 Å². The second kappa shape index (κ2) is 14.3. The van der Waals surface area contributed by atoms with E-state index in [-0.39, 0.29) is 23.6 Å². The van der Waals surface area contributed by atoms with Gasteiger partial charge in [-0.25, -0.2) is 0 Å². The summed E-state index contributed by atoms with van der Waals surface area (Å²) >= 11 is 7.85. The Kier molecular flexibility index (Phi) is 10.5. The van der Waals surface area contributed by atoms with Gasteiger partial charge < -0.3 is 10.2 Å². The van der Waals surface area contributed by atoms with Crippen molar-refractivity contribution in [2.75, 3.05) is 5.75 Å². The van der Waals surface area contributed by atoms with Gasteiger partial charge in [0, 0.05) is 29.8 Å². The maximum Gasteiger partial charge on any atom is 0.243 e. The molecule has 0 saturated heterocycles. The molecule has 6 heteroatoms. The quantitative estimate of drug-likeness (QED) is 0.299. The summed E-state index contributed by atoms with van der Waals surface area (Å²) < 4.78 is 0. The van der Waals surface area contributed by atoms with Gasteiger partial charge in [0.05, 0.1) is 5.75 Å². The van der Waals surface area contributed by atoms with Gasteiger partial charge in [-0.05, 0) is 35.6 Å². The van der Waals surface area contributed by atoms with E-state index in [1.54, 1.807) is 4.90 Å². The van der Waals surface area contributed by atoms with Crippen molar-refractivity contribution in [3.05, 3.63) is 107 Å². The van der Waals surface area contributed by atoms with Crippen LogP contribution in [-0.4, -0.2) is 34.6 Å². The Balaban J connectivity index is 1.55. The Labute approximate surface area is 229 Å². The molecule has 3 aromatic carbocycles. The molecule has 4 nitrogen and oxygen atoms in total. The lowest BCUT2D eigenvalue weighted by molar-refractivity contribution is -0.139. The van der Waals surface area contributed by atoms with Crippen LogP contribution in [0, 0.1) is 0 Å². The van der Waals surface area contributed by atoms with Crippen LogP contribution in [0.25, 0.3) is 0 Å². The maximum absolute atomic E-state index is 13.8. The van der Waals surface area contributed by atoms with Crippen molar-refractivity contribution < 1.29 is 9.59 Å². The van der Waals surface area contributed by atoms with E-state index in [2.05, 4.69) is 5.32 Å². The first-order valence-electron chi connectivity index (χ1n) is 13.1. The Morgan fingerprint density at radius 1 is 0.865 bits per heavy atom. The fourth-order valence-corrected chi connectivity index (χ4v) is 6.02. The molecule has 0 spiro atoms. The summed E-state index contributed by atoms with van der Waals surface area (Å²) in [6, 6.07) is 27.2. The molecule has 3 aromatic rings. The molecule has 37 heavy (non-hydrogen) atoms. The number of thioether (sulfide) groups is 1. The molecule has 0 aliphatic heterocycles. The zero-order chi connectivity index (χ0) is 25.9. The van der Waals surface area contributed by atoms with Crippen LogP contribution in [0.2, 0.25) is 5.02 Å². The van der Waals surface area contributed by atoms with Gasteiger partial charge >= 0.3 is 0 Å². The van der Waals surface area contributed by atoms with E-state index < -0.39 is 6.04 Å². The lowest BCUT2D eigenvalue weighted by atomic mass is 9.94. The van der Waals surface area contributed by atoms with Crippen LogP contribution >= 0.6 is 23.4 Å². The first-order chi connectivity index (χ1) is 18.1. The summed E-state index contributed by atoms with van der Waals surface area (Å²) in [7, 11) is 0. The van der Waals surface area contributed by atoms with Gasteiger partial charge in [-0.3, -0.25) is 9.59 Å². The first kappa shape index (κ1) is 27.3. The molecule has 1 atom stereocenters. The molecule has 4 rings (SSSR count). The largest absolute Gasteiger partial charge is 0.352 e. The highest BCUT2D eigenvalue weighted by atomic mass is 35.5. The third kappa shape index (κ3) is 8.37. The smallest absolute Gasteiger partial charge is 0.243 e. The van der Waals surface area contributed by atoms with Gasteiger partial charge in [-0.2, -0.15) is 0 Å². The number of halogens is 1. The van der Waals surface area contributed by atoms with Crippen molar-refractivity contribution in [1.29, 1.82) is 0 Å². The molecule has 0 bridgehead atoms. The van der Waals surface area contributed by atoms with Crippen molar-refractivity contribution >= 4 is 35.2 Å². The molecule has 0 heterocycles. The summed E-state index contributed by atoms with van der Waals surface area (Å²) in [5.41, 5.74) is 3.06. The normalized spacial score (nSPS) is 14.6. The predicted octanol–water partition coefficient (Wildman–Crippen LogP) is 6.66. The maximum atomic E-state index is 13.8. The molecule has 2 amide bonds. The average Bonchev–Trinajstić information content (AvgIpc) is 2.93. The van der Waals surface area contributed by atoms with E-state index in [1.807, 2.05) is 84.9 Å². The zero-order valence-electron chi connectivity index (χ0n) is 21.2. The number of amides is 2. The lowest BCUT2D eigenvalue weighted by Gasteiger charge is -2.33. The monoisotopic (exact) mass is 534 g/mol. The molecule has 1 aliphatic rings. The van der Waals surface area contributed by atoms with Gasteiger partial charge in [0.1, 0.15) is 6.04 Å². The fourth-order valence-electron chi connectivity index (χ4n) is 4.83. The topological polar surface area (TPSA) is 49.4 Å². The predicted molar refractivity (Wildman–Crippen MR) is 154 cm³/mol. The van der Waals surface area contributed by atoms with E-state index in [9.17, 15) is 9.59 Å². The van der Waals surface area contributed by atoms with E-state index in [4.69, 9.17) is 11.6 Å².